The van der Waals surface area contributed by atoms with E-state index < -0.39 is 10.8 Å². The highest BCUT2D eigenvalue weighted by Crippen LogP contribution is 2.76. The number of allylic oxidation sites excluding steroid dienone is 2. The summed E-state index contributed by atoms with van der Waals surface area (Å²) in [4.78, 5) is 31.9. The fourth-order valence-corrected chi connectivity index (χ4v) is 11.1. The molecule has 5 rings (SSSR count). The van der Waals surface area contributed by atoms with E-state index in [0.717, 1.165) is 51.4 Å². The van der Waals surface area contributed by atoms with Crippen molar-refractivity contribution in [2.75, 3.05) is 14.2 Å². The summed E-state index contributed by atoms with van der Waals surface area (Å²) in [5.41, 5.74) is 0.492. The van der Waals surface area contributed by atoms with Crippen LogP contribution in [0.4, 0.5) is 0 Å². The predicted octanol–water partition coefficient (Wildman–Crippen LogP) is 6.96. The van der Waals surface area contributed by atoms with Crippen molar-refractivity contribution in [2.45, 2.75) is 99.8 Å². The minimum absolute atomic E-state index is 0.000299. The maximum absolute atomic E-state index is 13.5. The minimum Gasteiger partial charge on any atom is -0.469 e. The van der Waals surface area contributed by atoms with Gasteiger partial charge in [0.25, 0.3) is 0 Å². The number of aliphatic imine (C=N–C) groups is 1. The number of nitriles is 1. The number of fused-ring (bicyclic) bond motifs is 7. The number of Topliss-reactive ketones (excluding diaryl/α,β-unsaturated/α-hetero) is 1. The standard InChI is InChI=1S/C33H48N2O3/c1-28(2)12-14-33(27(37)38-9)15-13-32(7)25(21(33)18-28)22(35-8)16-24-30(5)17-20(19-34)26(36)29(3,4)23(30)10-11-31(24,32)6/h17,21,23-25H,10-16,18H2,1-9H3/b35-22+/t21-,23-,24+,25-,30-,31+,32+,33-/m0/s1. The number of nitrogens with zero attached hydrogens (tertiary/aromatic N) is 2. The van der Waals surface area contributed by atoms with Crippen LogP contribution in [0.5, 0.6) is 0 Å². The normalized spacial score (nSPS) is 47.9. The van der Waals surface area contributed by atoms with E-state index in [9.17, 15) is 14.9 Å². The maximum Gasteiger partial charge on any atom is 0.312 e. The molecule has 0 bridgehead atoms. The van der Waals surface area contributed by atoms with Gasteiger partial charge in [0, 0.05) is 24.1 Å². The molecule has 0 N–H and O–H groups in total. The summed E-state index contributed by atoms with van der Waals surface area (Å²) in [6.07, 6.45) is 9.79. The first-order valence-electron chi connectivity index (χ1n) is 14.8. The molecule has 0 radical (unpaired) electrons. The van der Waals surface area contributed by atoms with Crippen molar-refractivity contribution < 1.29 is 14.3 Å². The molecule has 208 valence electrons. The second-order valence-corrected chi connectivity index (χ2v) is 15.6. The highest BCUT2D eigenvalue weighted by molar-refractivity contribution is 6.04. The molecule has 0 aliphatic heterocycles. The summed E-state index contributed by atoms with van der Waals surface area (Å²) in [6.45, 7) is 16.2. The molecule has 0 saturated heterocycles. The van der Waals surface area contributed by atoms with E-state index in [0.29, 0.717) is 5.57 Å². The quantitative estimate of drug-likeness (QED) is 0.350. The Morgan fingerprint density at radius 1 is 1.00 bits per heavy atom. The molecule has 4 fully saturated rings. The van der Waals surface area contributed by atoms with Gasteiger partial charge in [-0.2, -0.15) is 5.26 Å². The molecular weight excluding hydrogens is 472 g/mol. The fourth-order valence-electron chi connectivity index (χ4n) is 11.1. The summed E-state index contributed by atoms with van der Waals surface area (Å²) in [7, 11) is 3.50. The van der Waals surface area contributed by atoms with Crippen LogP contribution in [0.1, 0.15) is 99.8 Å². The van der Waals surface area contributed by atoms with Gasteiger partial charge in [0.1, 0.15) is 6.07 Å². The number of methoxy groups -OCH3 is 1. The fraction of sp³-hybridized carbons (Fsp3) is 0.818. The first kappa shape index (κ1) is 27.6. The molecule has 4 saturated carbocycles. The molecule has 5 heteroatoms. The average molecular weight is 521 g/mol. The number of ether oxygens (including phenoxy) is 1. The zero-order valence-electron chi connectivity index (χ0n) is 25.2. The Labute approximate surface area is 229 Å². The van der Waals surface area contributed by atoms with Gasteiger partial charge in [-0.1, -0.05) is 54.5 Å². The lowest BCUT2D eigenvalue weighted by Crippen LogP contribution is -2.69. The Bertz CT molecular complexity index is 1170. The molecule has 0 aromatic heterocycles. The van der Waals surface area contributed by atoms with E-state index in [2.05, 4.69) is 60.6 Å². The van der Waals surface area contributed by atoms with E-state index >= 15 is 0 Å². The number of rotatable bonds is 1. The van der Waals surface area contributed by atoms with E-state index in [-0.39, 0.29) is 57.1 Å². The van der Waals surface area contributed by atoms with E-state index in [1.165, 1.54) is 5.71 Å². The highest BCUT2D eigenvalue weighted by Gasteiger charge is 2.72. The van der Waals surface area contributed by atoms with Crippen molar-refractivity contribution in [3.63, 3.8) is 0 Å². The summed E-state index contributed by atoms with van der Waals surface area (Å²) in [5.74, 6) is 0.912. The number of hydrogen-bond donors (Lipinski definition) is 0. The van der Waals surface area contributed by atoms with Crippen LogP contribution in [0.25, 0.3) is 0 Å². The average Bonchev–Trinajstić information content (AvgIpc) is 2.85. The maximum atomic E-state index is 13.5. The Morgan fingerprint density at radius 3 is 2.26 bits per heavy atom. The van der Waals surface area contributed by atoms with Gasteiger partial charge in [-0.05, 0) is 90.8 Å². The van der Waals surface area contributed by atoms with Gasteiger partial charge in [0.15, 0.2) is 5.78 Å². The van der Waals surface area contributed by atoms with Crippen molar-refractivity contribution in [2.24, 2.45) is 61.2 Å². The van der Waals surface area contributed by atoms with Crippen LogP contribution in [0.3, 0.4) is 0 Å². The Hall–Kier alpha value is -1.96. The highest BCUT2D eigenvalue weighted by atomic mass is 16.5. The van der Waals surface area contributed by atoms with Gasteiger partial charge in [-0.3, -0.25) is 14.6 Å². The van der Waals surface area contributed by atoms with Crippen molar-refractivity contribution in [3.8, 4) is 6.07 Å². The molecule has 0 unspecified atom stereocenters. The smallest absolute Gasteiger partial charge is 0.312 e. The summed E-state index contributed by atoms with van der Waals surface area (Å²) >= 11 is 0. The molecule has 38 heavy (non-hydrogen) atoms. The topological polar surface area (TPSA) is 79.5 Å². The van der Waals surface area contributed by atoms with Gasteiger partial charge in [-0.25, -0.2) is 0 Å². The number of ketones is 1. The molecule has 5 aliphatic carbocycles. The predicted molar refractivity (Wildman–Crippen MR) is 149 cm³/mol. The first-order valence-corrected chi connectivity index (χ1v) is 14.8. The molecule has 0 aromatic rings. The van der Waals surface area contributed by atoms with Crippen molar-refractivity contribution >= 4 is 17.5 Å². The van der Waals surface area contributed by atoms with Crippen molar-refractivity contribution in [3.05, 3.63) is 11.6 Å². The Kier molecular flexibility index (Phi) is 6.01. The van der Waals surface area contributed by atoms with Crippen LogP contribution in [0.2, 0.25) is 0 Å². The van der Waals surface area contributed by atoms with Crippen LogP contribution in [0, 0.1) is 67.5 Å². The third kappa shape index (κ3) is 3.24. The number of carbonyl (C=O) groups excluding carboxylic acids is 2. The number of hydrogen-bond acceptors (Lipinski definition) is 5. The third-order valence-corrected chi connectivity index (χ3v) is 13.4. The lowest BCUT2D eigenvalue weighted by atomic mass is 9.31. The van der Waals surface area contributed by atoms with E-state index in [4.69, 9.17) is 9.73 Å². The van der Waals surface area contributed by atoms with E-state index in [1.807, 2.05) is 7.05 Å². The summed E-state index contributed by atoms with van der Waals surface area (Å²) in [6, 6.07) is 2.27. The van der Waals surface area contributed by atoms with Crippen LogP contribution in [-0.2, 0) is 14.3 Å². The van der Waals surface area contributed by atoms with Crippen LogP contribution >= 0.6 is 0 Å². The lowest BCUT2D eigenvalue weighted by Gasteiger charge is -2.72. The molecule has 0 heterocycles. The zero-order chi connectivity index (χ0) is 28.1. The molecule has 5 nitrogen and oxygen atoms in total. The summed E-state index contributed by atoms with van der Waals surface area (Å²) in [5, 5.41) is 9.97. The Morgan fingerprint density at radius 2 is 1.66 bits per heavy atom. The van der Waals surface area contributed by atoms with Gasteiger partial charge in [0.05, 0.1) is 18.1 Å². The van der Waals surface area contributed by atoms with Gasteiger partial charge in [0.2, 0.25) is 0 Å². The largest absolute Gasteiger partial charge is 0.469 e. The van der Waals surface area contributed by atoms with Crippen LogP contribution in [0.15, 0.2) is 16.6 Å². The second kappa shape index (κ2) is 8.28. The SMILES string of the molecule is C/N=C1\C[C@@H]2[C@@]3(C)C=C(C#N)C(=O)C(C)(C)[C@@H]3CC[C@@]2(C)[C@]2(C)CC[C@@]3(C(=O)OC)CCC(C)(C)C[C@H]3[C@@H]12. The third-order valence-electron chi connectivity index (χ3n) is 13.4. The molecule has 5 aliphatic rings. The van der Waals surface area contributed by atoms with Crippen molar-refractivity contribution in [1.29, 1.82) is 5.26 Å². The van der Waals surface area contributed by atoms with Gasteiger partial charge in [-0.15, -0.1) is 0 Å². The van der Waals surface area contributed by atoms with Gasteiger partial charge >= 0.3 is 5.97 Å². The van der Waals surface area contributed by atoms with Crippen LogP contribution < -0.4 is 0 Å². The minimum atomic E-state index is -0.558. The number of esters is 1. The number of carbonyl (C=O) groups is 2. The monoisotopic (exact) mass is 520 g/mol. The molecule has 0 amide bonds. The molecule has 8 atom stereocenters. The zero-order valence-corrected chi connectivity index (χ0v) is 25.2. The Balaban J connectivity index is 1.68. The lowest BCUT2D eigenvalue weighted by molar-refractivity contribution is -0.207. The first-order chi connectivity index (χ1) is 17.6. The molecule has 0 aromatic carbocycles. The molecule has 0 spiro atoms. The second-order valence-electron chi connectivity index (χ2n) is 15.6. The van der Waals surface area contributed by atoms with Crippen LogP contribution in [-0.4, -0.2) is 31.6 Å². The van der Waals surface area contributed by atoms with E-state index in [1.54, 1.807) is 7.11 Å². The molecular formula is C33H48N2O3. The summed E-state index contributed by atoms with van der Waals surface area (Å²) < 4.78 is 5.53. The van der Waals surface area contributed by atoms with Crippen molar-refractivity contribution in [1.82, 2.24) is 0 Å². The van der Waals surface area contributed by atoms with Gasteiger partial charge < -0.3 is 4.74 Å².